The van der Waals surface area contributed by atoms with E-state index < -0.39 is 10.8 Å². The van der Waals surface area contributed by atoms with Crippen LogP contribution in [0, 0.1) is 29.4 Å². The smallest absolute Gasteiger partial charge is 0.271 e. The summed E-state index contributed by atoms with van der Waals surface area (Å²) in [5.41, 5.74) is 4.15. The molecule has 1 unspecified atom stereocenters. The lowest BCUT2D eigenvalue weighted by molar-refractivity contribution is -0.384. The molecule has 5 rings (SSSR count). The lowest BCUT2D eigenvalue weighted by Gasteiger charge is -2.42. The zero-order valence-electron chi connectivity index (χ0n) is 21.3. The van der Waals surface area contributed by atoms with Crippen LogP contribution < -0.4 is 4.90 Å². The molecule has 0 saturated heterocycles. The van der Waals surface area contributed by atoms with Crippen LogP contribution in [0.25, 0.3) is 5.76 Å². The Morgan fingerprint density at radius 3 is 2.44 bits per heavy atom. The molecule has 0 saturated carbocycles. The molecule has 0 amide bonds. The van der Waals surface area contributed by atoms with Crippen molar-refractivity contribution in [2.45, 2.75) is 39.0 Å². The van der Waals surface area contributed by atoms with Crippen LogP contribution in [0.1, 0.15) is 47.4 Å². The Kier molecular flexibility index (Phi) is 7.05. The van der Waals surface area contributed by atoms with Crippen LogP contribution in [0.5, 0.6) is 0 Å². The molecule has 3 aromatic rings. The summed E-state index contributed by atoms with van der Waals surface area (Å²) < 4.78 is 0. The van der Waals surface area contributed by atoms with Gasteiger partial charge in [-0.2, -0.15) is 0 Å². The summed E-state index contributed by atoms with van der Waals surface area (Å²) in [5.74, 6) is -1.21. The van der Waals surface area contributed by atoms with Crippen LogP contribution in [0.15, 0.2) is 77.5 Å². The zero-order valence-corrected chi connectivity index (χ0v) is 22.8. The van der Waals surface area contributed by atoms with Gasteiger partial charge >= 0.3 is 0 Å². The number of aliphatic hydroxyl groups excluding tert-OH is 1. The number of nitro groups is 1. The fourth-order valence-electron chi connectivity index (χ4n) is 5.32. The van der Waals surface area contributed by atoms with Crippen molar-refractivity contribution < 1.29 is 14.8 Å². The Morgan fingerprint density at radius 1 is 1.05 bits per heavy atom. The van der Waals surface area contributed by atoms with Gasteiger partial charge in [-0.3, -0.25) is 25.2 Å². The molecule has 7 nitrogen and oxygen atoms in total. The number of non-ortho nitro benzene ring substituents is 1. The molecule has 2 N–H and O–H groups in total. The average molecular weight is 562 g/mol. The first-order valence-corrected chi connectivity index (χ1v) is 13.2. The third-order valence-corrected chi connectivity index (χ3v) is 7.82. The number of nitrogens with one attached hydrogen (secondary N) is 1. The molecule has 2 aliphatic rings. The van der Waals surface area contributed by atoms with E-state index in [4.69, 9.17) is 23.2 Å². The van der Waals surface area contributed by atoms with Gasteiger partial charge in [-0.25, -0.2) is 0 Å². The van der Waals surface area contributed by atoms with Crippen molar-refractivity contribution in [1.29, 1.82) is 5.41 Å². The van der Waals surface area contributed by atoms with E-state index in [1.807, 2.05) is 19.1 Å². The number of rotatable bonds is 4. The number of nitro benzene ring substituents is 1. The standard InChI is InChI=1S/C30H25Cl2N3O4/c1-16-6-9-18(10-7-16)29(37)28-26(21-13-11-19(31)14-22(21)32)27-23(4-3-5-25(27)36)34(30(28)33)24-15-20(35(38)39)12-8-17(24)2/h6-15,26,33,37H,3-5H2,1-2H3/b29-28+,33-30?. The van der Waals surface area contributed by atoms with Crippen molar-refractivity contribution in [2.24, 2.45) is 0 Å². The van der Waals surface area contributed by atoms with Crippen LogP contribution in [0.4, 0.5) is 11.4 Å². The summed E-state index contributed by atoms with van der Waals surface area (Å²) >= 11 is 12.9. The van der Waals surface area contributed by atoms with Crippen LogP contribution in [0.2, 0.25) is 10.0 Å². The molecule has 1 heterocycles. The number of carbonyl (C=O) groups excluding carboxylic acids is 1. The van der Waals surface area contributed by atoms with Crippen molar-refractivity contribution in [3.8, 4) is 0 Å². The number of amidine groups is 1. The number of nitrogens with zero attached hydrogens (tertiary/aromatic N) is 2. The van der Waals surface area contributed by atoms with Gasteiger partial charge in [0.25, 0.3) is 5.69 Å². The van der Waals surface area contributed by atoms with Crippen molar-refractivity contribution in [1.82, 2.24) is 0 Å². The van der Waals surface area contributed by atoms with Crippen molar-refractivity contribution >= 4 is 52.0 Å². The quantitative estimate of drug-likeness (QED) is 0.190. The first kappa shape index (κ1) is 26.7. The molecule has 1 aliphatic heterocycles. The fraction of sp³-hybridized carbons (Fsp3) is 0.200. The number of benzene rings is 3. The maximum atomic E-state index is 13.6. The molecular formula is C30H25Cl2N3O4. The van der Waals surface area contributed by atoms with Crippen LogP contribution >= 0.6 is 23.2 Å². The largest absolute Gasteiger partial charge is 0.507 e. The Bertz CT molecular complexity index is 1610. The Labute approximate surface area is 235 Å². The summed E-state index contributed by atoms with van der Waals surface area (Å²) in [6, 6.07) is 16.6. The number of aliphatic hydroxyl groups is 1. The third kappa shape index (κ3) is 4.73. The second kappa shape index (κ2) is 10.3. The summed E-state index contributed by atoms with van der Waals surface area (Å²) in [4.78, 5) is 26.4. The highest BCUT2D eigenvalue weighted by Crippen LogP contribution is 2.50. The van der Waals surface area contributed by atoms with E-state index in [0.29, 0.717) is 63.0 Å². The average Bonchev–Trinajstić information content (AvgIpc) is 2.89. The highest BCUT2D eigenvalue weighted by molar-refractivity contribution is 6.35. The van der Waals surface area contributed by atoms with E-state index in [2.05, 4.69) is 0 Å². The summed E-state index contributed by atoms with van der Waals surface area (Å²) in [6.45, 7) is 3.72. The highest BCUT2D eigenvalue weighted by atomic mass is 35.5. The van der Waals surface area contributed by atoms with Crippen LogP contribution in [0.3, 0.4) is 0 Å². The highest BCUT2D eigenvalue weighted by Gasteiger charge is 2.44. The van der Waals surface area contributed by atoms with Crippen molar-refractivity contribution in [3.05, 3.63) is 120 Å². The summed E-state index contributed by atoms with van der Waals surface area (Å²) in [5, 5.41) is 33.5. The normalized spacial score (nSPS) is 18.8. The molecule has 39 heavy (non-hydrogen) atoms. The molecule has 0 fully saturated rings. The number of hydrogen-bond donors (Lipinski definition) is 2. The van der Waals surface area contributed by atoms with Gasteiger partial charge in [0.15, 0.2) is 5.78 Å². The van der Waals surface area contributed by atoms with Gasteiger partial charge in [-0.1, -0.05) is 65.2 Å². The van der Waals surface area contributed by atoms with Gasteiger partial charge in [-0.15, -0.1) is 0 Å². The van der Waals surface area contributed by atoms with Crippen molar-refractivity contribution in [3.63, 3.8) is 0 Å². The van der Waals surface area contributed by atoms with Gasteiger partial charge in [0.2, 0.25) is 0 Å². The number of anilines is 1. The monoisotopic (exact) mass is 561 g/mol. The second-order valence-corrected chi connectivity index (χ2v) is 10.6. The lowest BCUT2D eigenvalue weighted by atomic mass is 9.73. The van der Waals surface area contributed by atoms with Crippen LogP contribution in [-0.2, 0) is 4.79 Å². The number of aryl methyl sites for hydroxylation is 2. The maximum Gasteiger partial charge on any atom is 0.271 e. The van der Waals surface area contributed by atoms with Gasteiger partial charge < -0.3 is 5.11 Å². The molecule has 0 radical (unpaired) electrons. The fourth-order valence-corrected chi connectivity index (χ4v) is 5.84. The Morgan fingerprint density at radius 2 is 1.77 bits per heavy atom. The lowest BCUT2D eigenvalue weighted by Crippen LogP contribution is -2.42. The van der Waals surface area contributed by atoms with Gasteiger partial charge in [0.05, 0.1) is 10.6 Å². The van der Waals surface area contributed by atoms with E-state index in [9.17, 15) is 25.4 Å². The number of hydrogen-bond acceptors (Lipinski definition) is 5. The minimum atomic E-state index is -0.832. The molecule has 1 aliphatic carbocycles. The molecule has 3 aromatic carbocycles. The van der Waals surface area contributed by atoms with E-state index >= 15 is 0 Å². The van der Waals surface area contributed by atoms with Gasteiger partial charge in [-0.05, 0) is 49.9 Å². The third-order valence-electron chi connectivity index (χ3n) is 7.25. The molecule has 0 spiro atoms. The second-order valence-electron chi connectivity index (χ2n) is 9.78. The maximum absolute atomic E-state index is 13.6. The van der Waals surface area contributed by atoms with E-state index in [0.717, 1.165) is 5.56 Å². The Balaban J connectivity index is 1.87. The Hall–Kier alpha value is -3.94. The SMILES string of the molecule is Cc1ccc(/C(O)=C2\C(=N)N(c3cc([N+](=O)[O-])ccc3C)C3=C(C(=O)CCC3)C2c2ccc(Cl)cc2Cl)cc1. The number of allylic oxidation sites excluding steroid dienone is 2. The minimum absolute atomic E-state index is 0.0823. The zero-order chi connectivity index (χ0) is 28.0. The summed E-state index contributed by atoms with van der Waals surface area (Å²) in [6.07, 6.45) is 1.35. The molecule has 9 heteroatoms. The minimum Gasteiger partial charge on any atom is -0.507 e. The number of carbonyl (C=O) groups is 1. The predicted octanol–water partition coefficient (Wildman–Crippen LogP) is 8.08. The summed E-state index contributed by atoms with van der Waals surface area (Å²) in [7, 11) is 0. The first-order chi connectivity index (χ1) is 18.6. The van der Waals surface area contributed by atoms with Crippen molar-refractivity contribution in [2.75, 3.05) is 4.90 Å². The molecule has 1 atom stereocenters. The molecule has 0 bridgehead atoms. The molecule has 198 valence electrons. The number of ketones is 1. The number of Topliss-reactive ketones (excluding diaryl/α,β-unsaturated/α-hetero) is 1. The molecular weight excluding hydrogens is 537 g/mol. The van der Waals surface area contributed by atoms with E-state index in [1.54, 1.807) is 48.2 Å². The number of halogens is 2. The van der Waals surface area contributed by atoms with E-state index in [1.165, 1.54) is 12.1 Å². The first-order valence-electron chi connectivity index (χ1n) is 12.4. The predicted molar refractivity (Wildman–Crippen MR) is 154 cm³/mol. The van der Waals surface area contributed by atoms with Gasteiger partial charge in [0, 0.05) is 56.9 Å². The van der Waals surface area contributed by atoms with E-state index in [-0.39, 0.29) is 28.6 Å². The van der Waals surface area contributed by atoms with Crippen LogP contribution in [-0.4, -0.2) is 21.6 Å². The van der Waals surface area contributed by atoms with Gasteiger partial charge in [0.1, 0.15) is 11.6 Å². The topological polar surface area (TPSA) is 108 Å². The molecule has 0 aromatic heterocycles.